The number of hydrogen-bond acceptors (Lipinski definition) is 2. The fourth-order valence-corrected chi connectivity index (χ4v) is 7.81. The van der Waals surface area contributed by atoms with E-state index in [9.17, 15) is 0 Å². The van der Waals surface area contributed by atoms with Crippen molar-refractivity contribution < 1.29 is 7.58 Å². The molecular weight excluding hydrogens is 503 g/mol. The molecule has 0 saturated heterocycles. The standard InChI is InChI=1S/C36H30O2.CH3.Al/c1-21-11-9-12-22(2)31(21)29-19-25-15-5-7-17-27(25)33(35(29)37)34-28-18-8-6-16-26(28)20-30(36(34)38)32-23(3)13-10-14-24(32)4;;/h5-20,37-38H,1-4H3;1H3;/q;;+2/p-2. The second-order valence-electron chi connectivity index (χ2n) is 11.0. The average molecular weight is 535 g/mol. The number of hydrogen-bond donors (Lipinski definition) is 0. The summed E-state index contributed by atoms with van der Waals surface area (Å²) in [4.78, 5) is 0. The Kier molecular flexibility index (Phi) is 5.97. The maximum Gasteiger partial charge on any atom is 0.853 e. The molecule has 0 aliphatic carbocycles. The second-order valence-corrected chi connectivity index (χ2v) is 12.6. The summed E-state index contributed by atoms with van der Waals surface area (Å²) < 4.78 is 13.9. The molecule has 7 rings (SSSR count). The van der Waals surface area contributed by atoms with Crippen molar-refractivity contribution in [1.82, 2.24) is 0 Å². The van der Waals surface area contributed by atoms with E-state index in [0.717, 1.165) is 33.8 Å². The summed E-state index contributed by atoms with van der Waals surface area (Å²) in [5.74, 6) is 4.03. The third-order valence-corrected chi connectivity index (χ3v) is 9.46. The number of fused-ring (bicyclic) bond motifs is 7. The van der Waals surface area contributed by atoms with Crippen LogP contribution in [0.1, 0.15) is 22.3 Å². The van der Waals surface area contributed by atoms with Crippen LogP contribution in [0.3, 0.4) is 0 Å². The van der Waals surface area contributed by atoms with Gasteiger partial charge in [0.25, 0.3) is 0 Å². The van der Waals surface area contributed by atoms with Gasteiger partial charge in [0.05, 0.1) is 11.5 Å². The molecule has 0 aromatic heterocycles. The van der Waals surface area contributed by atoms with Gasteiger partial charge in [-0.25, -0.2) is 0 Å². The zero-order valence-corrected chi connectivity index (χ0v) is 24.8. The normalized spacial score (nSPS) is 12.5. The molecular formula is C37H31AlO2. The fourth-order valence-electron chi connectivity index (χ4n) is 6.60. The Bertz CT molecular complexity index is 1790. The number of aryl methyl sites for hydroxylation is 4. The van der Waals surface area contributed by atoms with Gasteiger partial charge < -0.3 is 7.58 Å². The van der Waals surface area contributed by atoms with Crippen LogP contribution in [0, 0.1) is 27.7 Å². The van der Waals surface area contributed by atoms with Crippen molar-refractivity contribution in [3.8, 4) is 44.9 Å². The fraction of sp³-hybridized carbons (Fsp3) is 0.135. The highest BCUT2D eigenvalue weighted by Gasteiger charge is 2.36. The monoisotopic (exact) mass is 534 g/mol. The molecule has 0 radical (unpaired) electrons. The summed E-state index contributed by atoms with van der Waals surface area (Å²) in [6, 6.07) is 35.1. The SMILES string of the molecule is Cc1cccc(C)c1-c1cc2ccccc2c2c1[O][Al]([CH3])[O]c1c(-c3c(C)cccc3C)cc3ccccc3c1-2. The minimum absolute atomic E-state index is 0.942. The predicted octanol–water partition coefficient (Wildman–Crippen LogP) is 10.1. The summed E-state index contributed by atoms with van der Waals surface area (Å²) in [6.07, 6.45) is 0. The molecule has 0 amide bonds. The van der Waals surface area contributed by atoms with Crippen molar-refractivity contribution in [3.05, 3.63) is 119 Å². The van der Waals surface area contributed by atoms with Crippen molar-refractivity contribution in [3.63, 3.8) is 0 Å². The Morgan fingerprint density at radius 2 is 0.825 bits per heavy atom. The molecule has 6 aromatic rings. The average Bonchev–Trinajstić information content (AvgIpc) is 3.09. The van der Waals surface area contributed by atoms with Gasteiger partial charge in [-0.2, -0.15) is 0 Å². The zero-order valence-electron chi connectivity index (χ0n) is 23.6. The van der Waals surface area contributed by atoms with Crippen molar-refractivity contribution in [2.75, 3.05) is 0 Å². The first kappa shape index (κ1) is 25.0. The smallest absolute Gasteiger partial charge is 0.611 e. The lowest BCUT2D eigenvalue weighted by Crippen LogP contribution is -2.25. The molecule has 0 saturated carbocycles. The van der Waals surface area contributed by atoms with Crippen LogP contribution >= 0.6 is 0 Å². The van der Waals surface area contributed by atoms with E-state index in [1.807, 2.05) is 0 Å². The Morgan fingerprint density at radius 3 is 1.23 bits per heavy atom. The molecule has 0 fully saturated rings. The van der Waals surface area contributed by atoms with Gasteiger partial charge in [-0.05, 0) is 101 Å². The van der Waals surface area contributed by atoms with E-state index >= 15 is 0 Å². The molecule has 0 atom stereocenters. The number of benzene rings is 6. The molecule has 1 aliphatic heterocycles. The van der Waals surface area contributed by atoms with Crippen molar-refractivity contribution in [1.29, 1.82) is 0 Å². The van der Waals surface area contributed by atoms with Gasteiger partial charge in [-0.1, -0.05) is 84.9 Å². The van der Waals surface area contributed by atoms with Crippen molar-refractivity contribution in [2.45, 2.75) is 33.5 Å². The minimum Gasteiger partial charge on any atom is -0.611 e. The largest absolute Gasteiger partial charge is 0.853 e. The van der Waals surface area contributed by atoms with Gasteiger partial charge in [0, 0.05) is 22.3 Å². The van der Waals surface area contributed by atoms with Crippen molar-refractivity contribution in [2.24, 2.45) is 0 Å². The Labute approximate surface area is 240 Å². The first-order valence-corrected chi connectivity index (χ1v) is 16.1. The van der Waals surface area contributed by atoms with Gasteiger partial charge >= 0.3 is 14.8 Å². The topological polar surface area (TPSA) is 18.5 Å². The highest BCUT2D eigenvalue weighted by molar-refractivity contribution is 6.46. The van der Waals surface area contributed by atoms with Crippen LogP contribution in [0.2, 0.25) is 5.79 Å². The molecule has 0 bridgehead atoms. The van der Waals surface area contributed by atoms with Gasteiger partial charge in [-0.15, -0.1) is 0 Å². The maximum atomic E-state index is 6.96. The van der Waals surface area contributed by atoms with Crippen LogP contribution in [0.25, 0.3) is 54.9 Å². The molecule has 0 unspecified atom stereocenters. The highest BCUT2D eigenvalue weighted by atomic mass is 27.2. The number of rotatable bonds is 2. The Balaban J connectivity index is 1.72. The lowest BCUT2D eigenvalue weighted by molar-refractivity contribution is 0.442. The molecule has 6 aromatic carbocycles. The summed E-state index contributed by atoms with van der Waals surface area (Å²) in [6.45, 7) is 8.78. The van der Waals surface area contributed by atoms with Gasteiger partial charge in [-0.3, -0.25) is 0 Å². The van der Waals surface area contributed by atoms with Gasteiger partial charge in [0.2, 0.25) is 0 Å². The summed E-state index contributed by atoms with van der Waals surface area (Å²) in [7, 11) is 0. The zero-order chi connectivity index (χ0) is 27.5. The van der Waals surface area contributed by atoms with E-state index < -0.39 is 14.8 Å². The summed E-state index contributed by atoms with van der Waals surface area (Å²) >= 11 is -2.14. The van der Waals surface area contributed by atoms with Crippen LogP contribution in [-0.4, -0.2) is 14.8 Å². The molecule has 2 nitrogen and oxygen atoms in total. The molecule has 1 aliphatic rings. The quantitative estimate of drug-likeness (QED) is 0.206. The van der Waals surface area contributed by atoms with Gasteiger partial charge in [0.15, 0.2) is 0 Å². The predicted molar refractivity (Wildman–Crippen MR) is 170 cm³/mol. The second kappa shape index (κ2) is 9.56. The third-order valence-electron chi connectivity index (χ3n) is 8.32. The lowest BCUT2D eigenvalue weighted by Gasteiger charge is -2.22. The highest BCUT2D eigenvalue weighted by Crippen LogP contribution is 2.54. The molecule has 0 N–H and O–H groups in total. The maximum absolute atomic E-state index is 6.96. The molecule has 0 spiro atoms. The van der Waals surface area contributed by atoms with E-state index in [4.69, 9.17) is 7.58 Å². The third kappa shape index (κ3) is 3.85. The van der Waals surface area contributed by atoms with E-state index in [2.05, 4.69) is 131 Å². The van der Waals surface area contributed by atoms with Crippen LogP contribution in [0.15, 0.2) is 97.1 Å². The summed E-state index contributed by atoms with van der Waals surface area (Å²) in [5.41, 5.74) is 12.0. The lowest BCUT2D eigenvalue weighted by atomic mass is 9.84. The van der Waals surface area contributed by atoms with Crippen LogP contribution in [-0.2, 0) is 0 Å². The first-order chi connectivity index (χ1) is 19.4. The van der Waals surface area contributed by atoms with Crippen molar-refractivity contribution >= 4 is 36.4 Å². The molecule has 1 heterocycles. The molecule has 3 heteroatoms. The summed E-state index contributed by atoms with van der Waals surface area (Å²) in [5, 5.41) is 4.77. The Morgan fingerprint density at radius 1 is 0.450 bits per heavy atom. The minimum atomic E-state index is -2.14. The van der Waals surface area contributed by atoms with Gasteiger partial charge in [0.1, 0.15) is 0 Å². The molecule has 40 heavy (non-hydrogen) atoms. The molecule has 194 valence electrons. The van der Waals surface area contributed by atoms with Crippen LogP contribution in [0.4, 0.5) is 0 Å². The van der Waals surface area contributed by atoms with Crippen LogP contribution < -0.4 is 7.58 Å². The first-order valence-electron chi connectivity index (χ1n) is 14.0. The van der Waals surface area contributed by atoms with E-state index in [-0.39, 0.29) is 0 Å². The van der Waals surface area contributed by atoms with E-state index in [1.54, 1.807) is 0 Å². The van der Waals surface area contributed by atoms with E-state index in [1.165, 1.54) is 54.9 Å². The van der Waals surface area contributed by atoms with Crippen LogP contribution in [0.5, 0.6) is 11.5 Å². The van der Waals surface area contributed by atoms with E-state index in [0.29, 0.717) is 0 Å². The Hall–Kier alpha value is -4.03.